The molecular formula is C12H10N4O2. The molecule has 0 aliphatic rings. The van der Waals surface area contributed by atoms with Gasteiger partial charge in [0.25, 0.3) is 0 Å². The molecule has 1 heterocycles. The Labute approximate surface area is 103 Å². The Morgan fingerprint density at radius 3 is 2.78 bits per heavy atom. The number of nitriles is 1. The molecule has 0 aliphatic carbocycles. The van der Waals surface area contributed by atoms with Gasteiger partial charge in [-0.05, 0) is 19.1 Å². The Balaban J connectivity index is 2.40. The summed E-state index contributed by atoms with van der Waals surface area (Å²) in [7, 11) is 0. The molecule has 90 valence electrons. The molecule has 6 nitrogen and oxygen atoms in total. The summed E-state index contributed by atoms with van der Waals surface area (Å²) in [6.45, 7) is 1.88. The maximum Gasteiger partial charge on any atom is 0.331 e. The van der Waals surface area contributed by atoms with Crippen LogP contribution >= 0.6 is 0 Å². The van der Waals surface area contributed by atoms with Crippen molar-refractivity contribution < 1.29 is 9.53 Å². The highest BCUT2D eigenvalue weighted by molar-refractivity contribution is 5.81. The predicted octanol–water partition coefficient (Wildman–Crippen LogP) is 1.20. The second-order valence-corrected chi connectivity index (χ2v) is 3.47. The molecule has 1 aromatic carbocycles. The Kier molecular flexibility index (Phi) is 3.44. The number of para-hydroxylation sites is 1. The number of carbonyl (C=O) groups excluding carboxylic acids is 1. The Bertz CT molecular complexity index is 621. The average molecular weight is 242 g/mol. The van der Waals surface area contributed by atoms with E-state index in [4.69, 9.17) is 10.00 Å². The first-order valence-electron chi connectivity index (χ1n) is 5.42. The van der Waals surface area contributed by atoms with E-state index in [1.165, 1.54) is 0 Å². The molecule has 0 aliphatic heterocycles. The summed E-state index contributed by atoms with van der Waals surface area (Å²) in [5.74, 6) is -1.73. The fraction of sp³-hybridized carbons (Fsp3) is 0.250. The van der Waals surface area contributed by atoms with E-state index in [0.29, 0.717) is 11.0 Å². The molecule has 1 atom stereocenters. The number of ether oxygens (including phenoxy) is 1. The van der Waals surface area contributed by atoms with Gasteiger partial charge in [0.15, 0.2) is 5.82 Å². The molecule has 0 saturated carbocycles. The molecule has 0 saturated heterocycles. The topological polar surface area (TPSA) is 88.8 Å². The van der Waals surface area contributed by atoms with E-state index >= 15 is 0 Å². The third kappa shape index (κ3) is 2.25. The second kappa shape index (κ2) is 5.19. The molecule has 0 N–H and O–H groups in total. The molecule has 0 amide bonds. The van der Waals surface area contributed by atoms with Crippen LogP contribution in [0, 0.1) is 11.3 Å². The molecule has 2 rings (SSSR count). The summed E-state index contributed by atoms with van der Waals surface area (Å²) < 4.78 is 4.79. The maximum atomic E-state index is 11.6. The van der Waals surface area contributed by atoms with Crippen molar-refractivity contribution in [2.75, 3.05) is 6.61 Å². The van der Waals surface area contributed by atoms with Crippen molar-refractivity contribution in [2.24, 2.45) is 0 Å². The predicted molar refractivity (Wildman–Crippen MR) is 62.3 cm³/mol. The van der Waals surface area contributed by atoms with E-state index in [-0.39, 0.29) is 12.4 Å². The largest absolute Gasteiger partial charge is 0.465 e. The third-order valence-electron chi connectivity index (χ3n) is 2.29. The number of esters is 1. The zero-order chi connectivity index (χ0) is 13.0. The smallest absolute Gasteiger partial charge is 0.331 e. The maximum absolute atomic E-state index is 11.6. The van der Waals surface area contributed by atoms with Gasteiger partial charge in [0.05, 0.1) is 18.2 Å². The summed E-state index contributed by atoms with van der Waals surface area (Å²) in [6, 6.07) is 8.94. The highest BCUT2D eigenvalue weighted by atomic mass is 16.5. The van der Waals surface area contributed by atoms with Crippen LogP contribution in [0.15, 0.2) is 24.3 Å². The van der Waals surface area contributed by atoms with Crippen LogP contribution in [0.25, 0.3) is 11.0 Å². The summed E-state index contributed by atoms with van der Waals surface area (Å²) in [5.41, 5.74) is 1.20. The molecule has 0 bridgehead atoms. The quantitative estimate of drug-likeness (QED) is 0.751. The first kappa shape index (κ1) is 11.9. The summed E-state index contributed by atoms with van der Waals surface area (Å²) >= 11 is 0. The molecule has 6 heteroatoms. The molecule has 2 aromatic rings. The van der Waals surface area contributed by atoms with E-state index in [9.17, 15) is 4.79 Å². The van der Waals surface area contributed by atoms with Crippen molar-refractivity contribution >= 4 is 17.0 Å². The van der Waals surface area contributed by atoms with Gasteiger partial charge in [0, 0.05) is 0 Å². The standard InChI is InChI=1S/C12H10N4O2/c1-2-18-12(17)8(7-13)11-14-9-5-3-4-6-10(9)15-16-11/h3-6,8H,2H2,1H3. The Hall–Kier alpha value is -2.55. The van der Waals surface area contributed by atoms with Gasteiger partial charge in [0.1, 0.15) is 5.52 Å². The van der Waals surface area contributed by atoms with Crippen molar-refractivity contribution in [3.63, 3.8) is 0 Å². The van der Waals surface area contributed by atoms with Crippen molar-refractivity contribution in [1.29, 1.82) is 5.26 Å². The Morgan fingerprint density at radius 2 is 2.11 bits per heavy atom. The number of nitrogens with zero attached hydrogens (tertiary/aromatic N) is 4. The summed E-state index contributed by atoms with van der Waals surface area (Å²) in [6.07, 6.45) is 0. The van der Waals surface area contributed by atoms with Gasteiger partial charge in [-0.2, -0.15) is 5.26 Å². The van der Waals surface area contributed by atoms with Gasteiger partial charge in [-0.25, -0.2) is 4.98 Å². The van der Waals surface area contributed by atoms with Gasteiger partial charge < -0.3 is 4.74 Å². The molecule has 18 heavy (non-hydrogen) atoms. The lowest BCUT2D eigenvalue weighted by Gasteiger charge is -2.06. The SMILES string of the molecule is CCOC(=O)C(C#N)c1nnc2ccccc2n1. The van der Waals surface area contributed by atoms with Crippen molar-refractivity contribution in [2.45, 2.75) is 12.8 Å². The zero-order valence-electron chi connectivity index (χ0n) is 9.70. The molecular weight excluding hydrogens is 232 g/mol. The number of hydrogen-bond donors (Lipinski definition) is 0. The van der Waals surface area contributed by atoms with Crippen molar-refractivity contribution in [3.8, 4) is 6.07 Å². The number of fused-ring (bicyclic) bond motifs is 1. The number of aromatic nitrogens is 3. The van der Waals surface area contributed by atoms with E-state index in [2.05, 4.69) is 15.2 Å². The average Bonchev–Trinajstić information content (AvgIpc) is 2.40. The lowest BCUT2D eigenvalue weighted by molar-refractivity contribution is -0.143. The van der Waals surface area contributed by atoms with Gasteiger partial charge in [-0.15, -0.1) is 10.2 Å². The fourth-order valence-corrected chi connectivity index (χ4v) is 1.46. The zero-order valence-corrected chi connectivity index (χ0v) is 9.70. The van der Waals surface area contributed by atoms with Crippen LogP contribution in [-0.4, -0.2) is 27.8 Å². The summed E-state index contributed by atoms with van der Waals surface area (Å²) in [5, 5.41) is 16.7. The minimum absolute atomic E-state index is 0.0645. The van der Waals surface area contributed by atoms with Crippen LogP contribution in [0.2, 0.25) is 0 Å². The molecule has 0 fully saturated rings. The number of rotatable bonds is 3. The van der Waals surface area contributed by atoms with E-state index < -0.39 is 11.9 Å². The minimum atomic E-state index is -1.14. The van der Waals surface area contributed by atoms with Crippen LogP contribution in [0.5, 0.6) is 0 Å². The van der Waals surface area contributed by atoms with Crippen LogP contribution in [0.4, 0.5) is 0 Å². The second-order valence-electron chi connectivity index (χ2n) is 3.47. The van der Waals surface area contributed by atoms with Crippen LogP contribution in [0.1, 0.15) is 18.7 Å². The molecule has 0 spiro atoms. The van der Waals surface area contributed by atoms with Crippen LogP contribution < -0.4 is 0 Å². The van der Waals surface area contributed by atoms with Crippen molar-refractivity contribution in [3.05, 3.63) is 30.1 Å². The monoisotopic (exact) mass is 242 g/mol. The first-order valence-corrected chi connectivity index (χ1v) is 5.42. The van der Waals surface area contributed by atoms with Crippen molar-refractivity contribution in [1.82, 2.24) is 15.2 Å². The first-order chi connectivity index (χ1) is 8.76. The van der Waals surface area contributed by atoms with E-state index in [0.717, 1.165) is 0 Å². The van der Waals surface area contributed by atoms with Gasteiger partial charge in [-0.3, -0.25) is 4.79 Å². The van der Waals surface area contributed by atoms with E-state index in [1.54, 1.807) is 25.1 Å². The van der Waals surface area contributed by atoms with E-state index in [1.807, 2.05) is 12.1 Å². The normalized spacial score (nSPS) is 11.8. The molecule has 0 radical (unpaired) electrons. The number of benzene rings is 1. The number of carbonyl (C=O) groups is 1. The summed E-state index contributed by atoms with van der Waals surface area (Å²) in [4.78, 5) is 15.7. The molecule has 1 aromatic heterocycles. The fourth-order valence-electron chi connectivity index (χ4n) is 1.46. The highest BCUT2D eigenvalue weighted by Crippen LogP contribution is 2.14. The highest BCUT2D eigenvalue weighted by Gasteiger charge is 2.25. The van der Waals surface area contributed by atoms with Gasteiger partial charge >= 0.3 is 5.97 Å². The van der Waals surface area contributed by atoms with Gasteiger partial charge in [0.2, 0.25) is 5.92 Å². The van der Waals surface area contributed by atoms with Crippen LogP contribution in [-0.2, 0) is 9.53 Å². The number of hydrogen-bond acceptors (Lipinski definition) is 6. The lowest BCUT2D eigenvalue weighted by Crippen LogP contribution is -2.17. The molecule has 1 unspecified atom stereocenters. The van der Waals surface area contributed by atoms with Gasteiger partial charge in [-0.1, -0.05) is 12.1 Å². The van der Waals surface area contributed by atoms with Crippen LogP contribution in [0.3, 0.4) is 0 Å². The minimum Gasteiger partial charge on any atom is -0.465 e. The lowest BCUT2D eigenvalue weighted by atomic mass is 10.1. The Morgan fingerprint density at radius 1 is 1.39 bits per heavy atom. The third-order valence-corrected chi connectivity index (χ3v) is 2.29.